The van der Waals surface area contributed by atoms with Crippen molar-refractivity contribution in [1.29, 1.82) is 0 Å². The highest BCUT2D eigenvalue weighted by Crippen LogP contribution is 2.29. The molecule has 1 N–H and O–H groups in total. The number of benzene rings is 2. The van der Waals surface area contributed by atoms with Crippen LogP contribution in [0, 0.1) is 5.82 Å². The SMILES string of the molecule is CN(C)c1ccc(C2OCCN2C(=S)Nc2ccccc2F)cc1. The molecule has 4 nitrogen and oxygen atoms in total. The second-order valence-electron chi connectivity index (χ2n) is 5.81. The highest BCUT2D eigenvalue weighted by molar-refractivity contribution is 7.80. The molecule has 1 fully saturated rings. The van der Waals surface area contributed by atoms with Crippen molar-refractivity contribution in [3.8, 4) is 0 Å². The standard InChI is InChI=1S/C18H20FN3OS/c1-21(2)14-9-7-13(8-10-14)17-22(11-12-23-17)18(24)20-16-6-4-3-5-15(16)19/h3-10,17H,11-12H2,1-2H3,(H,20,24). The molecule has 2 aromatic carbocycles. The van der Waals surface area contributed by atoms with Crippen LogP contribution in [-0.2, 0) is 4.74 Å². The molecule has 0 radical (unpaired) electrons. The number of hydrogen-bond acceptors (Lipinski definition) is 3. The molecule has 3 rings (SSSR count). The van der Waals surface area contributed by atoms with E-state index in [9.17, 15) is 4.39 Å². The Morgan fingerprint density at radius 3 is 2.58 bits per heavy atom. The van der Waals surface area contributed by atoms with Crippen LogP contribution in [0.15, 0.2) is 48.5 Å². The van der Waals surface area contributed by atoms with Crippen LogP contribution in [0.5, 0.6) is 0 Å². The van der Waals surface area contributed by atoms with E-state index >= 15 is 0 Å². The molecule has 0 aromatic heterocycles. The summed E-state index contributed by atoms with van der Waals surface area (Å²) in [6.45, 7) is 1.25. The summed E-state index contributed by atoms with van der Waals surface area (Å²) in [5.41, 5.74) is 2.52. The third kappa shape index (κ3) is 3.49. The number of nitrogens with zero attached hydrogens (tertiary/aromatic N) is 2. The van der Waals surface area contributed by atoms with Crippen LogP contribution in [0.2, 0.25) is 0 Å². The molecule has 0 aliphatic carbocycles. The lowest BCUT2D eigenvalue weighted by Crippen LogP contribution is -2.34. The van der Waals surface area contributed by atoms with Crippen molar-refractivity contribution < 1.29 is 9.13 Å². The van der Waals surface area contributed by atoms with E-state index in [2.05, 4.69) is 5.32 Å². The minimum Gasteiger partial charge on any atom is -0.378 e. The van der Waals surface area contributed by atoms with Gasteiger partial charge in [0.25, 0.3) is 0 Å². The second kappa shape index (κ2) is 7.15. The van der Waals surface area contributed by atoms with Crippen LogP contribution in [-0.4, -0.2) is 37.3 Å². The molecule has 2 aromatic rings. The minimum atomic E-state index is -0.327. The topological polar surface area (TPSA) is 27.7 Å². The number of anilines is 2. The van der Waals surface area contributed by atoms with Crippen molar-refractivity contribution in [3.63, 3.8) is 0 Å². The van der Waals surface area contributed by atoms with Crippen LogP contribution in [0.25, 0.3) is 0 Å². The molecular formula is C18H20FN3OS. The normalized spacial score (nSPS) is 17.0. The Bertz CT molecular complexity index is 720. The molecule has 1 aliphatic rings. The van der Waals surface area contributed by atoms with Crippen molar-refractivity contribution in [2.24, 2.45) is 0 Å². The number of hydrogen-bond donors (Lipinski definition) is 1. The van der Waals surface area contributed by atoms with Crippen molar-refractivity contribution in [3.05, 3.63) is 59.9 Å². The van der Waals surface area contributed by atoms with Crippen molar-refractivity contribution >= 4 is 28.7 Å². The number of thiocarbonyl (C=S) groups is 1. The maximum absolute atomic E-state index is 13.8. The molecule has 0 saturated carbocycles. The lowest BCUT2D eigenvalue weighted by molar-refractivity contribution is 0.0642. The summed E-state index contributed by atoms with van der Waals surface area (Å²) in [4.78, 5) is 3.98. The van der Waals surface area contributed by atoms with Gasteiger partial charge in [0, 0.05) is 31.9 Å². The molecule has 126 valence electrons. The van der Waals surface area contributed by atoms with Crippen LogP contribution in [0.3, 0.4) is 0 Å². The molecule has 0 spiro atoms. The van der Waals surface area contributed by atoms with Gasteiger partial charge in [-0.05, 0) is 36.5 Å². The highest BCUT2D eigenvalue weighted by Gasteiger charge is 2.29. The summed E-state index contributed by atoms with van der Waals surface area (Å²) in [6.07, 6.45) is -0.256. The third-order valence-corrected chi connectivity index (χ3v) is 4.30. The fourth-order valence-electron chi connectivity index (χ4n) is 2.64. The van der Waals surface area contributed by atoms with E-state index in [1.807, 2.05) is 48.2 Å². The summed E-state index contributed by atoms with van der Waals surface area (Å²) >= 11 is 5.46. The van der Waals surface area contributed by atoms with Gasteiger partial charge in [0.2, 0.25) is 0 Å². The van der Waals surface area contributed by atoms with Crippen molar-refractivity contribution in [2.75, 3.05) is 37.5 Å². The van der Waals surface area contributed by atoms with Gasteiger partial charge in [-0.15, -0.1) is 0 Å². The highest BCUT2D eigenvalue weighted by atomic mass is 32.1. The fourth-order valence-corrected chi connectivity index (χ4v) is 2.94. The minimum absolute atomic E-state index is 0.256. The summed E-state index contributed by atoms with van der Waals surface area (Å²) in [6, 6.07) is 14.6. The average Bonchev–Trinajstić information content (AvgIpc) is 3.07. The first-order chi connectivity index (χ1) is 11.6. The lowest BCUT2D eigenvalue weighted by atomic mass is 10.1. The quantitative estimate of drug-likeness (QED) is 0.858. The summed E-state index contributed by atoms with van der Waals surface area (Å²) in [5.74, 6) is -0.327. The fraction of sp³-hybridized carbons (Fsp3) is 0.278. The molecular weight excluding hydrogens is 325 g/mol. The largest absolute Gasteiger partial charge is 0.378 e. The monoisotopic (exact) mass is 345 g/mol. The Hall–Kier alpha value is -2.18. The first-order valence-corrected chi connectivity index (χ1v) is 8.18. The van der Waals surface area contributed by atoms with E-state index in [4.69, 9.17) is 17.0 Å². The van der Waals surface area contributed by atoms with Gasteiger partial charge in [0.15, 0.2) is 11.3 Å². The summed E-state index contributed by atoms with van der Waals surface area (Å²) in [5, 5.41) is 3.43. The van der Waals surface area contributed by atoms with Gasteiger partial charge in [0.05, 0.1) is 12.3 Å². The predicted octanol–water partition coefficient (Wildman–Crippen LogP) is 3.62. The van der Waals surface area contributed by atoms with Crippen LogP contribution < -0.4 is 10.2 Å². The van der Waals surface area contributed by atoms with Gasteiger partial charge in [0.1, 0.15) is 5.82 Å². The second-order valence-corrected chi connectivity index (χ2v) is 6.20. The number of halogens is 1. The third-order valence-electron chi connectivity index (χ3n) is 3.96. The van der Waals surface area contributed by atoms with E-state index in [0.29, 0.717) is 24.0 Å². The Morgan fingerprint density at radius 1 is 1.21 bits per heavy atom. The van der Waals surface area contributed by atoms with Gasteiger partial charge in [-0.2, -0.15) is 0 Å². The first kappa shape index (κ1) is 16.7. The maximum atomic E-state index is 13.8. The van der Waals surface area contributed by atoms with Gasteiger partial charge in [-0.25, -0.2) is 4.39 Å². The van der Waals surface area contributed by atoms with Gasteiger partial charge in [-0.1, -0.05) is 24.3 Å². The maximum Gasteiger partial charge on any atom is 0.175 e. The Morgan fingerprint density at radius 2 is 1.92 bits per heavy atom. The molecule has 0 bridgehead atoms. The molecule has 1 atom stereocenters. The van der Waals surface area contributed by atoms with Crippen molar-refractivity contribution in [1.82, 2.24) is 4.90 Å². The van der Waals surface area contributed by atoms with E-state index in [0.717, 1.165) is 11.3 Å². The van der Waals surface area contributed by atoms with Gasteiger partial charge >= 0.3 is 0 Å². The molecule has 1 unspecified atom stereocenters. The number of ether oxygens (including phenoxy) is 1. The number of nitrogens with one attached hydrogen (secondary N) is 1. The van der Waals surface area contributed by atoms with E-state index in [-0.39, 0.29) is 12.0 Å². The Balaban J connectivity index is 1.75. The van der Waals surface area contributed by atoms with Crippen LogP contribution in [0.4, 0.5) is 15.8 Å². The van der Waals surface area contributed by atoms with Gasteiger partial charge in [-0.3, -0.25) is 0 Å². The molecule has 1 saturated heterocycles. The molecule has 1 heterocycles. The Labute approximate surface area is 146 Å². The smallest absolute Gasteiger partial charge is 0.175 e. The van der Waals surface area contributed by atoms with Crippen LogP contribution in [0.1, 0.15) is 11.8 Å². The number of para-hydroxylation sites is 1. The zero-order valence-corrected chi connectivity index (χ0v) is 14.5. The zero-order chi connectivity index (χ0) is 17.1. The van der Waals surface area contributed by atoms with Crippen molar-refractivity contribution in [2.45, 2.75) is 6.23 Å². The Kier molecular flexibility index (Phi) is 4.97. The van der Waals surface area contributed by atoms with E-state index < -0.39 is 0 Å². The van der Waals surface area contributed by atoms with E-state index in [1.54, 1.807) is 18.2 Å². The summed E-state index contributed by atoms with van der Waals surface area (Å²) < 4.78 is 19.6. The molecule has 6 heteroatoms. The molecule has 24 heavy (non-hydrogen) atoms. The van der Waals surface area contributed by atoms with Crippen LogP contribution >= 0.6 is 12.2 Å². The summed E-state index contributed by atoms with van der Waals surface area (Å²) in [7, 11) is 4.00. The molecule has 0 amide bonds. The van der Waals surface area contributed by atoms with E-state index in [1.165, 1.54) is 6.07 Å². The molecule has 1 aliphatic heterocycles. The predicted molar refractivity (Wildman–Crippen MR) is 98.8 cm³/mol. The zero-order valence-electron chi connectivity index (χ0n) is 13.7. The van der Waals surface area contributed by atoms with Gasteiger partial charge < -0.3 is 19.9 Å². The lowest BCUT2D eigenvalue weighted by Gasteiger charge is -2.26. The average molecular weight is 345 g/mol. The number of rotatable bonds is 3. The first-order valence-electron chi connectivity index (χ1n) is 7.77.